The van der Waals surface area contributed by atoms with Crippen LogP contribution in [-0.2, 0) is 10.0 Å². The van der Waals surface area contributed by atoms with E-state index in [4.69, 9.17) is 0 Å². The third-order valence-corrected chi connectivity index (χ3v) is 5.32. The van der Waals surface area contributed by atoms with Gasteiger partial charge in [-0.1, -0.05) is 0 Å². The van der Waals surface area contributed by atoms with Gasteiger partial charge in [0.05, 0.1) is 21.7 Å². The van der Waals surface area contributed by atoms with Crippen molar-refractivity contribution in [2.75, 3.05) is 29.0 Å². The summed E-state index contributed by atoms with van der Waals surface area (Å²) >= 11 is 0. The Morgan fingerprint density at radius 3 is 2.21 bits per heavy atom. The molecule has 0 bridgehead atoms. The van der Waals surface area contributed by atoms with Crippen molar-refractivity contribution in [1.82, 2.24) is 10.2 Å². The Labute approximate surface area is 167 Å². The molecule has 0 radical (unpaired) electrons. The first kappa shape index (κ1) is 20.0. The number of anilines is 4. The summed E-state index contributed by atoms with van der Waals surface area (Å²) in [5.41, 5.74) is 1.76. The number of nitro groups is 1. The Balaban J connectivity index is 1.71. The molecule has 10 nitrogen and oxygen atoms in total. The van der Waals surface area contributed by atoms with Gasteiger partial charge in [-0.2, -0.15) is 5.10 Å². The van der Waals surface area contributed by atoms with Crippen LogP contribution in [0.2, 0.25) is 0 Å². The molecule has 0 saturated carbocycles. The lowest BCUT2D eigenvalue weighted by molar-refractivity contribution is -0.384. The van der Waals surface area contributed by atoms with Crippen LogP contribution in [-0.4, -0.2) is 37.6 Å². The minimum Gasteiger partial charge on any atom is -0.376 e. The third-order valence-electron chi connectivity index (χ3n) is 3.92. The molecule has 2 aromatic carbocycles. The summed E-state index contributed by atoms with van der Waals surface area (Å²) in [6.45, 7) is 0. The first-order chi connectivity index (χ1) is 13.7. The van der Waals surface area contributed by atoms with Gasteiger partial charge in [-0.25, -0.2) is 8.42 Å². The highest BCUT2D eigenvalue weighted by Gasteiger charge is 2.16. The molecule has 29 heavy (non-hydrogen) atoms. The number of sulfonamides is 1. The first-order valence-corrected chi connectivity index (χ1v) is 9.87. The van der Waals surface area contributed by atoms with Crippen LogP contribution in [0.4, 0.5) is 28.6 Å². The summed E-state index contributed by atoms with van der Waals surface area (Å²) < 4.78 is 27.3. The predicted molar refractivity (Wildman–Crippen MR) is 110 cm³/mol. The fourth-order valence-electron chi connectivity index (χ4n) is 2.39. The average molecular weight is 414 g/mol. The molecular formula is C18H18N6O4S. The van der Waals surface area contributed by atoms with E-state index in [9.17, 15) is 18.5 Å². The fourth-order valence-corrected chi connectivity index (χ4v) is 3.45. The van der Waals surface area contributed by atoms with Crippen molar-refractivity contribution in [3.05, 3.63) is 70.9 Å². The molecule has 0 aliphatic rings. The second kappa shape index (κ2) is 8.10. The lowest BCUT2D eigenvalue weighted by Gasteiger charge is -2.13. The normalized spacial score (nSPS) is 11.0. The molecule has 0 atom stereocenters. The van der Waals surface area contributed by atoms with E-state index >= 15 is 0 Å². The standard InChI is InChI=1S/C18H18N6O4S/c1-23(2)16-11-18(21-19-12-16)20-13-3-5-14(6-4-13)22-29(27,28)17-9-7-15(8-10-17)24(25)26/h3-12,22H,1-2H3,(H,20,21). The van der Waals surface area contributed by atoms with Crippen molar-refractivity contribution in [3.63, 3.8) is 0 Å². The van der Waals surface area contributed by atoms with Crippen molar-refractivity contribution in [3.8, 4) is 0 Å². The number of hydrogen-bond donors (Lipinski definition) is 2. The third kappa shape index (κ3) is 4.96. The molecule has 2 N–H and O–H groups in total. The Morgan fingerprint density at radius 2 is 1.62 bits per heavy atom. The van der Waals surface area contributed by atoms with Crippen LogP contribution in [0.3, 0.4) is 0 Å². The van der Waals surface area contributed by atoms with Gasteiger partial charge in [0, 0.05) is 43.7 Å². The van der Waals surface area contributed by atoms with Gasteiger partial charge in [-0.05, 0) is 36.4 Å². The number of nitrogens with one attached hydrogen (secondary N) is 2. The second-order valence-electron chi connectivity index (χ2n) is 6.25. The monoisotopic (exact) mass is 414 g/mol. The highest BCUT2D eigenvalue weighted by Crippen LogP contribution is 2.22. The molecule has 0 spiro atoms. The lowest BCUT2D eigenvalue weighted by atomic mass is 10.3. The number of non-ortho nitro benzene ring substituents is 1. The molecule has 1 aromatic heterocycles. The maximum absolute atomic E-state index is 12.4. The van der Waals surface area contributed by atoms with Gasteiger partial charge in [0.25, 0.3) is 15.7 Å². The molecule has 0 aliphatic carbocycles. The van der Waals surface area contributed by atoms with Crippen LogP contribution in [0.5, 0.6) is 0 Å². The number of rotatable bonds is 7. The molecule has 1 heterocycles. The van der Waals surface area contributed by atoms with Gasteiger partial charge in [-0.3, -0.25) is 14.8 Å². The van der Waals surface area contributed by atoms with Crippen molar-refractivity contribution < 1.29 is 13.3 Å². The number of nitro benzene ring substituents is 1. The molecule has 0 saturated heterocycles. The van der Waals surface area contributed by atoms with Crippen LogP contribution in [0.15, 0.2) is 65.7 Å². The molecule has 0 aliphatic heterocycles. The van der Waals surface area contributed by atoms with Crippen molar-refractivity contribution in [2.24, 2.45) is 0 Å². The van der Waals surface area contributed by atoms with Crippen LogP contribution in [0.1, 0.15) is 0 Å². The van der Waals surface area contributed by atoms with Crippen molar-refractivity contribution in [2.45, 2.75) is 4.90 Å². The quantitative estimate of drug-likeness (QED) is 0.446. The number of benzene rings is 2. The number of nitrogens with zero attached hydrogens (tertiary/aromatic N) is 4. The summed E-state index contributed by atoms with van der Waals surface area (Å²) in [5, 5.41) is 21.7. The summed E-state index contributed by atoms with van der Waals surface area (Å²) in [4.78, 5) is 11.9. The Bertz CT molecular complexity index is 1120. The molecular weight excluding hydrogens is 396 g/mol. The van der Waals surface area contributed by atoms with E-state index in [-0.39, 0.29) is 10.6 Å². The molecule has 0 amide bonds. The van der Waals surface area contributed by atoms with Gasteiger partial charge in [-0.15, -0.1) is 5.10 Å². The summed E-state index contributed by atoms with van der Waals surface area (Å²) in [5.74, 6) is 0.551. The van der Waals surface area contributed by atoms with E-state index in [1.54, 1.807) is 30.5 Å². The molecule has 0 unspecified atom stereocenters. The van der Waals surface area contributed by atoms with E-state index in [2.05, 4.69) is 20.2 Å². The van der Waals surface area contributed by atoms with E-state index in [0.717, 1.165) is 17.8 Å². The molecule has 11 heteroatoms. The maximum atomic E-state index is 12.4. The highest BCUT2D eigenvalue weighted by molar-refractivity contribution is 7.92. The van der Waals surface area contributed by atoms with Gasteiger partial charge < -0.3 is 10.2 Å². The summed E-state index contributed by atoms with van der Waals surface area (Å²) in [6, 6.07) is 13.1. The highest BCUT2D eigenvalue weighted by atomic mass is 32.2. The lowest BCUT2D eigenvalue weighted by Crippen LogP contribution is -2.13. The minimum absolute atomic E-state index is 0.0684. The van der Waals surface area contributed by atoms with Gasteiger partial charge in [0.2, 0.25) is 0 Å². The molecule has 3 aromatic rings. The van der Waals surface area contributed by atoms with Gasteiger partial charge in [0.15, 0.2) is 5.82 Å². The topological polar surface area (TPSA) is 130 Å². The summed E-state index contributed by atoms with van der Waals surface area (Å²) in [6.07, 6.45) is 1.64. The number of hydrogen-bond acceptors (Lipinski definition) is 8. The van der Waals surface area contributed by atoms with Crippen LogP contribution < -0.4 is 14.9 Å². The van der Waals surface area contributed by atoms with Crippen LogP contribution in [0, 0.1) is 10.1 Å². The first-order valence-electron chi connectivity index (χ1n) is 8.39. The van der Waals surface area contributed by atoms with Crippen LogP contribution in [0.25, 0.3) is 0 Å². The minimum atomic E-state index is -3.86. The molecule has 150 valence electrons. The molecule has 0 fully saturated rings. The average Bonchev–Trinajstić information content (AvgIpc) is 2.69. The zero-order valence-corrected chi connectivity index (χ0v) is 16.4. The Hall–Kier alpha value is -3.73. The molecule has 3 rings (SSSR count). The second-order valence-corrected chi connectivity index (χ2v) is 7.93. The van der Waals surface area contributed by atoms with Crippen molar-refractivity contribution in [1.29, 1.82) is 0 Å². The SMILES string of the molecule is CN(C)c1cnnc(Nc2ccc(NS(=O)(=O)c3ccc([N+](=O)[O-])cc3)cc2)c1. The zero-order valence-electron chi connectivity index (χ0n) is 15.6. The Morgan fingerprint density at radius 1 is 1.00 bits per heavy atom. The zero-order chi connectivity index (χ0) is 21.0. The smallest absolute Gasteiger partial charge is 0.269 e. The number of aromatic nitrogens is 2. The van der Waals surface area contributed by atoms with Crippen molar-refractivity contribution >= 4 is 38.6 Å². The summed E-state index contributed by atoms with van der Waals surface area (Å²) in [7, 11) is -0.0726. The van der Waals surface area contributed by atoms with Gasteiger partial charge in [0.1, 0.15) is 0 Å². The van der Waals surface area contributed by atoms with E-state index in [1.165, 1.54) is 12.1 Å². The van der Waals surface area contributed by atoms with E-state index < -0.39 is 14.9 Å². The largest absolute Gasteiger partial charge is 0.376 e. The van der Waals surface area contributed by atoms with E-state index in [1.807, 2.05) is 25.1 Å². The predicted octanol–water partition coefficient (Wildman–Crippen LogP) is 3.00. The van der Waals surface area contributed by atoms with E-state index in [0.29, 0.717) is 17.2 Å². The maximum Gasteiger partial charge on any atom is 0.269 e. The fraction of sp³-hybridized carbons (Fsp3) is 0.111. The Kier molecular flexibility index (Phi) is 5.59. The van der Waals surface area contributed by atoms with Crippen LogP contribution >= 0.6 is 0 Å². The van der Waals surface area contributed by atoms with Gasteiger partial charge >= 0.3 is 0 Å².